The Labute approximate surface area is 229 Å². The fraction of sp³-hybridized carbons (Fsp3) is 0.424. The number of rotatable bonds is 5. The fourth-order valence-electron chi connectivity index (χ4n) is 8.38. The molecule has 1 atom stereocenters. The fourth-order valence-corrected chi connectivity index (χ4v) is 8.38. The molecule has 1 aromatic heterocycles. The molecule has 4 bridgehead atoms. The first-order valence-electron chi connectivity index (χ1n) is 14.5. The molecule has 2 aromatic carbocycles. The highest BCUT2D eigenvalue weighted by Gasteiger charge is 2.51. The number of amides is 4. The van der Waals surface area contributed by atoms with Gasteiger partial charge in [0, 0.05) is 28.7 Å². The van der Waals surface area contributed by atoms with E-state index in [0.29, 0.717) is 5.69 Å². The van der Waals surface area contributed by atoms with Crippen LogP contribution < -0.4 is 10.2 Å². The third-order valence-corrected chi connectivity index (χ3v) is 10.0. The lowest BCUT2D eigenvalue weighted by Crippen LogP contribution is -2.54. The Kier molecular flexibility index (Phi) is 5.58. The number of nitrogens with one attached hydrogen (secondary N) is 1. The van der Waals surface area contributed by atoms with E-state index in [0.717, 1.165) is 45.5 Å². The third-order valence-electron chi connectivity index (χ3n) is 10.0. The molecule has 2 heterocycles. The van der Waals surface area contributed by atoms with Gasteiger partial charge in [0.2, 0.25) is 0 Å². The molecule has 200 valence electrons. The van der Waals surface area contributed by atoms with Crippen molar-refractivity contribution < 1.29 is 14.4 Å². The number of barbiturate groups is 1. The zero-order valence-corrected chi connectivity index (χ0v) is 22.7. The van der Waals surface area contributed by atoms with Crippen LogP contribution in [0.1, 0.15) is 76.0 Å². The van der Waals surface area contributed by atoms with Crippen LogP contribution in [0.25, 0.3) is 17.0 Å². The summed E-state index contributed by atoms with van der Waals surface area (Å²) in [5, 5.41) is 3.36. The second-order valence-electron chi connectivity index (χ2n) is 12.5. The number of fused-ring (bicyclic) bond motifs is 1. The van der Waals surface area contributed by atoms with Gasteiger partial charge in [0.1, 0.15) is 5.57 Å². The molecule has 8 rings (SSSR count). The molecular formula is C33H35N3O3. The van der Waals surface area contributed by atoms with Crippen molar-refractivity contribution in [1.29, 1.82) is 0 Å². The maximum Gasteiger partial charge on any atom is 0.335 e. The van der Waals surface area contributed by atoms with Gasteiger partial charge in [-0.05, 0) is 105 Å². The van der Waals surface area contributed by atoms with Gasteiger partial charge in [-0.15, -0.1) is 0 Å². The number of carbonyl (C=O) groups excluding carboxylic acids is 3. The number of hydrogen-bond donors (Lipinski definition) is 1. The molecule has 3 aromatic rings. The van der Waals surface area contributed by atoms with E-state index in [4.69, 9.17) is 0 Å². The van der Waals surface area contributed by atoms with Gasteiger partial charge in [0.05, 0.1) is 5.69 Å². The summed E-state index contributed by atoms with van der Waals surface area (Å²) in [7, 11) is 0. The molecule has 5 fully saturated rings. The molecule has 0 spiro atoms. The minimum atomic E-state index is -0.702. The Hall–Kier alpha value is -3.67. The van der Waals surface area contributed by atoms with Crippen molar-refractivity contribution in [2.45, 2.75) is 70.3 Å². The molecule has 1 N–H and O–H groups in total. The zero-order chi connectivity index (χ0) is 26.9. The maximum atomic E-state index is 13.7. The molecule has 0 unspecified atom stereocenters. The van der Waals surface area contributed by atoms with Crippen molar-refractivity contribution in [2.24, 2.45) is 17.8 Å². The van der Waals surface area contributed by atoms with E-state index in [1.165, 1.54) is 44.1 Å². The largest absolute Gasteiger partial charge is 0.344 e. The maximum absolute atomic E-state index is 13.7. The number of para-hydroxylation sites is 1. The first-order valence-corrected chi connectivity index (χ1v) is 14.5. The number of imide groups is 2. The first-order chi connectivity index (χ1) is 18.8. The molecule has 0 radical (unpaired) electrons. The first kappa shape index (κ1) is 24.4. The highest BCUT2D eigenvalue weighted by atomic mass is 16.2. The van der Waals surface area contributed by atoms with Crippen LogP contribution in [0.5, 0.6) is 0 Å². The van der Waals surface area contributed by atoms with Crippen molar-refractivity contribution in [2.75, 3.05) is 4.90 Å². The average molecular weight is 522 g/mol. The molecule has 6 nitrogen and oxygen atoms in total. The van der Waals surface area contributed by atoms with Crippen LogP contribution in [0.3, 0.4) is 0 Å². The summed E-state index contributed by atoms with van der Waals surface area (Å²) in [6, 6.07) is 15.5. The molecular weight excluding hydrogens is 486 g/mol. The summed E-state index contributed by atoms with van der Waals surface area (Å²) in [4.78, 5) is 40.6. The lowest BCUT2D eigenvalue weighted by molar-refractivity contribution is -0.122. The van der Waals surface area contributed by atoms with Crippen LogP contribution in [-0.4, -0.2) is 22.4 Å². The predicted molar refractivity (Wildman–Crippen MR) is 152 cm³/mol. The smallest absolute Gasteiger partial charge is 0.335 e. The summed E-state index contributed by atoms with van der Waals surface area (Å²) in [5.41, 5.74) is 3.87. The number of nitrogens with zero attached hydrogens (tertiary/aromatic N) is 2. The van der Waals surface area contributed by atoms with Gasteiger partial charge in [-0.2, -0.15) is 0 Å². The van der Waals surface area contributed by atoms with E-state index in [9.17, 15) is 14.4 Å². The zero-order valence-electron chi connectivity index (χ0n) is 22.7. The standard InChI is InChI=1S/C33H35N3O3/c1-3-20(2)35-19-24(27-6-4-5-7-29(27)35)15-28-30(37)34-32(39)36(31(28)38)26-10-8-25(9-11-26)33-16-21-12-22(17-33)14-23(13-21)18-33/h4-11,15,19-23H,3,12-14,16-18H2,1-2H3,(H,34,37,39)/b28-15+/t20-,21?,22?,23?,33?/m0/s1. The minimum Gasteiger partial charge on any atom is -0.344 e. The van der Waals surface area contributed by atoms with Crippen LogP contribution in [0.15, 0.2) is 60.3 Å². The lowest BCUT2D eigenvalue weighted by Gasteiger charge is -2.57. The summed E-state index contributed by atoms with van der Waals surface area (Å²) >= 11 is 0. The number of urea groups is 1. The van der Waals surface area contributed by atoms with E-state index >= 15 is 0 Å². The third kappa shape index (κ3) is 3.87. The van der Waals surface area contributed by atoms with Gasteiger partial charge in [-0.25, -0.2) is 9.69 Å². The average Bonchev–Trinajstić information content (AvgIpc) is 3.28. The van der Waals surface area contributed by atoms with Crippen molar-refractivity contribution in [3.63, 3.8) is 0 Å². The summed E-state index contributed by atoms with van der Waals surface area (Å²) in [5.74, 6) is 1.28. The van der Waals surface area contributed by atoms with E-state index in [1.54, 1.807) is 6.08 Å². The van der Waals surface area contributed by atoms with E-state index in [1.807, 2.05) is 42.6 Å². The van der Waals surface area contributed by atoms with Crippen molar-refractivity contribution >= 4 is 40.5 Å². The number of hydrogen-bond acceptors (Lipinski definition) is 3. The number of anilines is 1. The van der Waals surface area contributed by atoms with Crippen molar-refractivity contribution in [3.05, 3.63) is 71.4 Å². The van der Waals surface area contributed by atoms with Gasteiger partial charge in [-0.1, -0.05) is 37.3 Å². The Bertz CT molecular complexity index is 1490. The highest BCUT2D eigenvalue weighted by molar-refractivity contribution is 6.39. The van der Waals surface area contributed by atoms with E-state index < -0.39 is 17.8 Å². The van der Waals surface area contributed by atoms with Crippen LogP contribution >= 0.6 is 0 Å². The predicted octanol–water partition coefficient (Wildman–Crippen LogP) is 6.75. The lowest BCUT2D eigenvalue weighted by atomic mass is 9.48. The van der Waals surface area contributed by atoms with E-state index in [2.05, 4.69) is 35.9 Å². The molecule has 4 saturated carbocycles. The Morgan fingerprint density at radius 2 is 1.59 bits per heavy atom. The number of aromatic nitrogens is 1. The summed E-state index contributed by atoms with van der Waals surface area (Å²) in [6.07, 6.45) is 12.5. The van der Waals surface area contributed by atoms with Gasteiger partial charge in [0.15, 0.2) is 0 Å². The van der Waals surface area contributed by atoms with Crippen LogP contribution in [0.4, 0.5) is 10.5 Å². The van der Waals surface area contributed by atoms with Gasteiger partial charge in [-0.3, -0.25) is 14.9 Å². The molecule has 5 aliphatic rings. The molecule has 4 amide bonds. The molecule has 1 aliphatic heterocycles. The monoisotopic (exact) mass is 521 g/mol. The second kappa shape index (κ2) is 8.94. The number of carbonyl (C=O) groups is 3. The second-order valence-corrected chi connectivity index (χ2v) is 12.5. The summed E-state index contributed by atoms with van der Waals surface area (Å²) in [6.45, 7) is 4.28. The SMILES string of the molecule is CC[C@H](C)n1cc(/C=C2\C(=O)NC(=O)N(c3ccc(C45CC6CC(CC(C6)C4)C5)cc3)C2=O)c2ccccc21. The molecule has 4 aliphatic carbocycles. The van der Waals surface area contributed by atoms with Crippen molar-refractivity contribution in [3.8, 4) is 0 Å². The van der Waals surface area contributed by atoms with Crippen LogP contribution in [-0.2, 0) is 15.0 Å². The minimum absolute atomic E-state index is 0.0354. The molecule has 39 heavy (non-hydrogen) atoms. The van der Waals surface area contributed by atoms with E-state index in [-0.39, 0.29) is 17.0 Å². The highest BCUT2D eigenvalue weighted by Crippen LogP contribution is 2.60. The Balaban J connectivity index is 1.21. The van der Waals surface area contributed by atoms with Crippen molar-refractivity contribution in [1.82, 2.24) is 9.88 Å². The van der Waals surface area contributed by atoms with Crippen LogP contribution in [0.2, 0.25) is 0 Å². The van der Waals surface area contributed by atoms with Crippen LogP contribution in [0, 0.1) is 17.8 Å². The summed E-state index contributed by atoms with van der Waals surface area (Å²) < 4.78 is 2.18. The quantitative estimate of drug-likeness (QED) is 0.298. The van der Waals surface area contributed by atoms with Gasteiger partial charge in [0.25, 0.3) is 11.8 Å². The molecule has 6 heteroatoms. The van der Waals surface area contributed by atoms with Gasteiger partial charge >= 0.3 is 6.03 Å². The normalized spacial score (nSPS) is 29.9. The topological polar surface area (TPSA) is 71.4 Å². The Morgan fingerprint density at radius 3 is 2.23 bits per heavy atom. The Morgan fingerprint density at radius 1 is 0.949 bits per heavy atom. The van der Waals surface area contributed by atoms with Gasteiger partial charge < -0.3 is 4.57 Å². The number of benzene rings is 2. The molecule has 1 saturated heterocycles.